The van der Waals surface area contributed by atoms with E-state index in [-0.39, 0.29) is 12.5 Å². The van der Waals surface area contributed by atoms with Crippen molar-refractivity contribution in [1.29, 1.82) is 5.26 Å². The van der Waals surface area contributed by atoms with Gasteiger partial charge in [-0.3, -0.25) is 0 Å². The molecule has 1 aliphatic heterocycles. The van der Waals surface area contributed by atoms with E-state index in [1.165, 1.54) is 0 Å². The minimum atomic E-state index is -0.542. The fourth-order valence-electron chi connectivity index (χ4n) is 2.89. The summed E-state index contributed by atoms with van der Waals surface area (Å²) in [5.74, 6) is 0. The first-order chi connectivity index (χ1) is 12.3. The lowest BCUT2D eigenvalue weighted by molar-refractivity contribution is 0.0222. The number of nitriles is 1. The summed E-state index contributed by atoms with van der Waals surface area (Å²) in [5, 5.41) is 13.8. The van der Waals surface area contributed by atoms with Crippen molar-refractivity contribution in [1.82, 2.24) is 19.7 Å². The minimum Gasteiger partial charge on any atom is -0.444 e. The third-order valence-corrected chi connectivity index (χ3v) is 4.46. The highest BCUT2D eigenvalue weighted by molar-refractivity contribution is 9.10. The Morgan fingerprint density at radius 2 is 2.19 bits per heavy atom. The molecule has 3 heterocycles. The van der Waals surface area contributed by atoms with E-state index in [1.54, 1.807) is 11.1 Å². The highest BCUT2D eigenvalue weighted by Crippen LogP contribution is 2.27. The van der Waals surface area contributed by atoms with Crippen LogP contribution in [0.3, 0.4) is 0 Å². The number of carbonyl (C=O) groups is 1. The molecular formula is C18H20BrN5O2. The van der Waals surface area contributed by atoms with Crippen molar-refractivity contribution in [2.45, 2.75) is 45.8 Å². The highest BCUT2D eigenvalue weighted by Gasteiger charge is 2.30. The molecule has 0 unspecified atom stereocenters. The SMILES string of the molecule is CC(C)(C)OC(=O)N1CCc2c(c(CC#N)nn2-c2ccc(Br)nc2)C1. The van der Waals surface area contributed by atoms with E-state index in [4.69, 9.17) is 10.00 Å². The Bertz CT molecular complexity index is 861. The summed E-state index contributed by atoms with van der Waals surface area (Å²) in [6.07, 6.45) is 2.22. The maximum absolute atomic E-state index is 12.4. The summed E-state index contributed by atoms with van der Waals surface area (Å²) in [7, 11) is 0. The molecule has 0 bridgehead atoms. The molecule has 0 radical (unpaired) electrons. The molecule has 1 aliphatic rings. The van der Waals surface area contributed by atoms with Crippen LogP contribution in [0.2, 0.25) is 0 Å². The molecule has 1 amide bonds. The molecular weight excluding hydrogens is 398 g/mol. The zero-order chi connectivity index (χ0) is 18.9. The third kappa shape index (κ3) is 3.88. The number of amides is 1. The average Bonchev–Trinajstić information content (AvgIpc) is 2.92. The molecule has 0 N–H and O–H groups in total. The maximum Gasteiger partial charge on any atom is 0.410 e. The molecule has 7 nitrogen and oxygen atoms in total. The van der Waals surface area contributed by atoms with Crippen LogP contribution < -0.4 is 0 Å². The van der Waals surface area contributed by atoms with Crippen LogP contribution in [-0.2, 0) is 24.1 Å². The molecule has 0 atom stereocenters. The van der Waals surface area contributed by atoms with Gasteiger partial charge in [0.2, 0.25) is 0 Å². The first-order valence-corrected chi connectivity index (χ1v) is 9.14. The van der Waals surface area contributed by atoms with Gasteiger partial charge in [0.25, 0.3) is 0 Å². The maximum atomic E-state index is 12.4. The molecule has 26 heavy (non-hydrogen) atoms. The molecule has 0 aromatic carbocycles. The predicted molar refractivity (Wildman–Crippen MR) is 98.7 cm³/mol. The van der Waals surface area contributed by atoms with E-state index in [2.05, 4.69) is 32.1 Å². The lowest BCUT2D eigenvalue weighted by Crippen LogP contribution is -2.40. The predicted octanol–water partition coefficient (Wildman–Crippen LogP) is 3.39. The van der Waals surface area contributed by atoms with Crippen LogP contribution >= 0.6 is 15.9 Å². The number of aromatic nitrogens is 3. The van der Waals surface area contributed by atoms with Crippen molar-refractivity contribution in [3.05, 3.63) is 39.9 Å². The van der Waals surface area contributed by atoms with Gasteiger partial charge in [0.15, 0.2) is 0 Å². The summed E-state index contributed by atoms with van der Waals surface area (Å²) >= 11 is 3.33. The molecule has 3 rings (SSSR count). The van der Waals surface area contributed by atoms with Crippen molar-refractivity contribution in [3.8, 4) is 11.8 Å². The smallest absolute Gasteiger partial charge is 0.410 e. The van der Waals surface area contributed by atoms with E-state index in [0.29, 0.717) is 25.2 Å². The van der Waals surface area contributed by atoms with Crippen molar-refractivity contribution >= 4 is 22.0 Å². The second-order valence-electron chi connectivity index (χ2n) is 7.11. The fourth-order valence-corrected chi connectivity index (χ4v) is 3.13. The summed E-state index contributed by atoms with van der Waals surface area (Å²) in [5.41, 5.74) is 2.92. The minimum absolute atomic E-state index is 0.196. The summed E-state index contributed by atoms with van der Waals surface area (Å²) in [6, 6.07) is 5.92. The summed E-state index contributed by atoms with van der Waals surface area (Å²) in [4.78, 5) is 18.3. The van der Waals surface area contributed by atoms with Crippen LogP contribution in [-0.4, -0.2) is 37.9 Å². The number of halogens is 1. The van der Waals surface area contributed by atoms with E-state index >= 15 is 0 Å². The molecule has 0 spiro atoms. The molecule has 0 saturated heterocycles. The van der Waals surface area contributed by atoms with Crippen molar-refractivity contribution in [2.24, 2.45) is 0 Å². The normalized spacial score (nSPS) is 13.9. The van der Waals surface area contributed by atoms with Crippen LogP contribution in [0.5, 0.6) is 0 Å². The quantitative estimate of drug-likeness (QED) is 0.699. The Morgan fingerprint density at radius 3 is 2.81 bits per heavy atom. The van der Waals surface area contributed by atoms with Crippen LogP contribution in [0.25, 0.3) is 5.69 Å². The molecule has 8 heteroatoms. The van der Waals surface area contributed by atoms with Crippen molar-refractivity contribution in [3.63, 3.8) is 0 Å². The first-order valence-electron chi connectivity index (χ1n) is 8.35. The Hall–Kier alpha value is -2.40. The molecule has 2 aromatic heterocycles. The van der Waals surface area contributed by atoms with Gasteiger partial charge in [-0.25, -0.2) is 14.5 Å². The number of fused-ring (bicyclic) bond motifs is 1. The number of pyridine rings is 1. The first kappa shape index (κ1) is 18.4. The Labute approximate surface area is 160 Å². The number of ether oxygens (including phenoxy) is 1. The van der Waals surface area contributed by atoms with E-state index in [1.807, 2.05) is 37.6 Å². The fraction of sp³-hybridized carbons (Fsp3) is 0.444. The summed E-state index contributed by atoms with van der Waals surface area (Å²) < 4.78 is 8.05. The lowest BCUT2D eigenvalue weighted by atomic mass is 10.0. The van der Waals surface area contributed by atoms with Gasteiger partial charge < -0.3 is 9.64 Å². The van der Waals surface area contributed by atoms with E-state index < -0.39 is 5.60 Å². The van der Waals surface area contributed by atoms with E-state index in [9.17, 15) is 4.79 Å². The van der Waals surface area contributed by atoms with Crippen LogP contribution in [0, 0.1) is 11.3 Å². The number of rotatable bonds is 2. The standard InChI is InChI=1S/C18H20BrN5O2/c1-18(2,3)26-17(25)23-9-7-15-13(11-23)14(6-8-20)22-24(15)12-4-5-16(19)21-10-12/h4-5,10H,6-7,9,11H2,1-3H3. The Morgan fingerprint density at radius 1 is 1.42 bits per heavy atom. The van der Waals surface area contributed by atoms with Gasteiger partial charge in [0.05, 0.1) is 42.3 Å². The van der Waals surface area contributed by atoms with Gasteiger partial charge >= 0.3 is 6.09 Å². The van der Waals surface area contributed by atoms with Gasteiger partial charge in [-0.2, -0.15) is 10.4 Å². The van der Waals surface area contributed by atoms with E-state index in [0.717, 1.165) is 21.5 Å². The Balaban J connectivity index is 1.93. The van der Waals surface area contributed by atoms with Gasteiger partial charge in [-0.15, -0.1) is 0 Å². The van der Waals surface area contributed by atoms with Crippen LogP contribution in [0.15, 0.2) is 22.9 Å². The second-order valence-corrected chi connectivity index (χ2v) is 7.92. The van der Waals surface area contributed by atoms with Gasteiger partial charge in [0, 0.05) is 18.5 Å². The number of hydrogen-bond acceptors (Lipinski definition) is 5. The monoisotopic (exact) mass is 417 g/mol. The zero-order valence-electron chi connectivity index (χ0n) is 15.0. The van der Waals surface area contributed by atoms with Crippen LogP contribution in [0.4, 0.5) is 4.79 Å². The Kier molecular flexibility index (Phi) is 5.01. The highest BCUT2D eigenvalue weighted by atomic mass is 79.9. The number of hydrogen-bond donors (Lipinski definition) is 0. The number of carbonyl (C=O) groups excluding carboxylic acids is 1. The van der Waals surface area contributed by atoms with Crippen molar-refractivity contribution < 1.29 is 9.53 Å². The number of nitrogens with zero attached hydrogens (tertiary/aromatic N) is 5. The average molecular weight is 418 g/mol. The molecule has 0 aliphatic carbocycles. The van der Waals surface area contributed by atoms with Crippen LogP contribution in [0.1, 0.15) is 37.7 Å². The van der Waals surface area contributed by atoms with Gasteiger partial charge in [-0.05, 0) is 48.8 Å². The largest absolute Gasteiger partial charge is 0.444 e. The summed E-state index contributed by atoms with van der Waals surface area (Å²) in [6.45, 7) is 6.48. The zero-order valence-corrected chi connectivity index (χ0v) is 16.6. The lowest BCUT2D eigenvalue weighted by Gasteiger charge is -2.30. The topological polar surface area (TPSA) is 84.0 Å². The van der Waals surface area contributed by atoms with Crippen molar-refractivity contribution in [2.75, 3.05) is 6.54 Å². The molecule has 136 valence electrons. The van der Waals surface area contributed by atoms with Gasteiger partial charge in [-0.1, -0.05) is 0 Å². The van der Waals surface area contributed by atoms with Gasteiger partial charge in [0.1, 0.15) is 10.2 Å². The third-order valence-electron chi connectivity index (χ3n) is 4.00. The molecule has 0 saturated carbocycles. The molecule has 2 aromatic rings. The second kappa shape index (κ2) is 7.08. The molecule has 0 fully saturated rings.